The predicted octanol–water partition coefficient (Wildman–Crippen LogP) is 7.14. The summed E-state index contributed by atoms with van der Waals surface area (Å²) in [6.45, 7) is 19.5. The van der Waals surface area contributed by atoms with E-state index < -0.39 is 5.60 Å². The number of methoxy groups -OCH3 is 1. The summed E-state index contributed by atoms with van der Waals surface area (Å²) in [4.78, 5) is 19.5. The minimum atomic E-state index is -0.474. The summed E-state index contributed by atoms with van der Waals surface area (Å²) in [6, 6.07) is 18.7. The fraction of sp³-hybridized carbons (Fsp3) is 0.528. The molecule has 2 unspecified atom stereocenters. The van der Waals surface area contributed by atoms with Gasteiger partial charge in [0.05, 0.1) is 6.04 Å². The molecule has 2 aliphatic heterocycles. The molecule has 6 heteroatoms. The summed E-state index contributed by atoms with van der Waals surface area (Å²) in [6.07, 6.45) is 5.74. The van der Waals surface area contributed by atoms with Crippen molar-refractivity contribution in [1.82, 2.24) is 14.7 Å². The molecule has 2 aromatic carbocycles. The van der Waals surface area contributed by atoms with E-state index in [0.717, 1.165) is 51.0 Å². The number of ether oxygens (including phenoxy) is 2. The van der Waals surface area contributed by atoms with Crippen LogP contribution in [0, 0.1) is 6.92 Å². The number of hydrogen-bond acceptors (Lipinski definition) is 5. The quantitative estimate of drug-likeness (QED) is 0.319. The minimum absolute atomic E-state index is 0.201. The second kappa shape index (κ2) is 14.4. The number of nitrogens with zero attached hydrogens (tertiary/aromatic N) is 3. The van der Waals surface area contributed by atoms with E-state index in [0.29, 0.717) is 25.7 Å². The third kappa shape index (κ3) is 8.48. The molecule has 0 aliphatic carbocycles. The van der Waals surface area contributed by atoms with Crippen LogP contribution in [-0.2, 0) is 15.9 Å². The third-order valence-corrected chi connectivity index (χ3v) is 8.43. The zero-order valence-electron chi connectivity index (χ0n) is 26.7. The van der Waals surface area contributed by atoms with Crippen molar-refractivity contribution in [3.63, 3.8) is 0 Å². The van der Waals surface area contributed by atoms with Gasteiger partial charge in [-0.2, -0.15) is 0 Å². The average Bonchev–Trinajstić information content (AvgIpc) is 2.97. The monoisotopic (exact) mass is 573 g/mol. The summed E-state index contributed by atoms with van der Waals surface area (Å²) in [5, 5.41) is 0. The van der Waals surface area contributed by atoms with Crippen molar-refractivity contribution in [2.24, 2.45) is 0 Å². The highest BCUT2D eigenvalue weighted by molar-refractivity contribution is 5.68. The summed E-state index contributed by atoms with van der Waals surface area (Å²) >= 11 is 0. The van der Waals surface area contributed by atoms with Crippen LogP contribution in [0.4, 0.5) is 4.79 Å². The van der Waals surface area contributed by atoms with Gasteiger partial charge in [-0.3, -0.25) is 4.90 Å². The number of piperazine rings is 1. The first kappa shape index (κ1) is 31.8. The molecule has 2 heterocycles. The van der Waals surface area contributed by atoms with Crippen LogP contribution in [-0.4, -0.2) is 78.9 Å². The second-order valence-electron chi connectivity index (χ2n) is 12.8. The predicted molar refractivity (Wildman–Crippen MR) is 172 cm³/mol. The highest BCUT2D eigenvalue weighted by atomic mass is 16.6. The topological polar surface area (TPSA) is 45.2 Å². The Kier molecular flexibility index (Phi) is 10.9. The number of allylic oxidation sites excluding steroid dienone is 1. The van der Waals surface area contributed by atoms with E-state index >= 15 is 0 Å². The van der Waals surface area contributed by atoms with E-state index in [2.05, 4.69) is 84.8 Å². The fourth-order valence-electron chi connectivity index (χ4n) is 6.06. The fourth-order valence-corrected chi connectivity index (χ4v) is 6.06. The van der Waals surface area contributed by atoms with Gasteiger partial charge in [0.25, 0.3) is 0 Å². The Hall–Kier alpha value is -3.09. The molecule has 0 saturated carbocycles. The highest BCUT2D eigenvalue weighted by Gasteiger charge is 2.33. The number of amides is 1. The molecular weight excluding hydrogens is 522 g/mol. The third-order valence-electron chi connectivity index (χ3n) is 8.43. The van der Waals surface area contributed by atoms with Crippen LogP contribution in [0.5, 0.6) is 0 Å². The lowest BCUT2D eigenvalue weighted by Gasteiger charge is -2.46. The Morgan fingerprint density at radius 1 is 1.00 bits per heavy atom. The van der Waals surface area contributed by atoms with E-state index in [1.54, 1.807) is 7.11 Å². The molecular formula is C36H51N3O3. The molecule has 42 heavy (non-hydrogen) atoms. The lowest BCUT2D eigenvalue weighted by atomic mass is 9.93. The Labute approximate surface area is 254 Å². The summed E-state index contributed by atoms with van der Waals surface area (Å²) in [7, 11) is 1.78. The lowest BCUT2D eigenvalue weighted by Crippen LogP contribution is -2.53. The maximum atomic E-state index is 12.5. The van der Waals surface area contributed by atoms with Crippen molar-refractivity contribution in [3.8, 4) is 0 Å². The standard InChI is InChI=1S/C36H51N3O3/c1-8-29-11-15-32(16-12-29)34(31-13-9-27(2)10-14-31)38-22-23-39(33(26-38)19-24-41-7)28(3)25-30-17-20-37(21-18-30)35(40)42-36(4,5)6/h9-16,25,33-34H,3,8,17-24,26H2,1-2,4-7H3. The van der Waals surface area contributed by atoms with Crippen LogP contribution >= 0.6 is 0 Å². The van der Waals surface area contributed by atoms with E-state index in [1.165, 1.54) is 27.8 Å². The Bertz CT molecular complexity index is 1200. The zero-order valence-corrected chi connectivity index (χ0v) is 26.7. The lowest BCUT2D eigenvalue weighted by molar-refractivity contribution is 0.0236. The van der Waals surface area contributed by atoms with Gasteiger partial charge in [-0.05, 0) is 76.1 Å². The zero-order chi connectivity index (χ0) is 30.3. The van der Waals surface area contributed by atoms with Crippen LogP contribution in [0.1, 0.15) is 75.3 Å². The molecule has 2 saturated heterocycles. The van der Waals surface area contributed by atoms with Gasteiger partial charge in [-0.25, -0.2) is 4.79 Å². The Balaban J connectivity index is 1.48. The molecule has 2 aromatic rings. The number of rotatable bonds is 9. The number of carbonyl (C=O) groups is 1. The molecule has 6 nitrogen and oxygen atoms in total. The summed E-state index contributed by atoms with van der Waals surface area (Å²) in [5.74, 6) is 0. The number of likely N-dealkylation sites (tertiary alicyclic amines) is 1. The maximum absolute atomic E-state index is 12.5. The van der Waals surface area contributed by atoms with Crippen molar-refractivity contribution >= 4 is 6.09 Å². The molecule has 0 aromatic heterocycles. The highest BCUT2D eigenvalue weighted by Crippen LogP contribution is 2.33. The summed E-state index contributed by atoms with van der Waals surface area (Å²) in [5.41, 5.74) is 7.26. The van der Waals surface area contributed by atoms with E-state index in [9.17, 15) is 4.79 Å². The molecule has 2 aliphatic rings. The van der Waals surface area contributed by atoms with Crippen LogP contribution in [0.15, 0.2) is 72.5 Å². The molecule has 0 bridgehead atoms. The average molecular weight is 574 g/mol. The Morgan fingerprint density at radius 2 is 1.62 bits per heavy atom. The molecule has 0 spiro atoms. The van der Waals surface area contributed by atoms with Gasteiger partial charge < -0.3 is 19.3 Å². The molecule has 0 N–H and O–H groups in total. The number of carbonyl (C=O) groups excluding carboxylic acids is 1. The number of aryl methyl sites for hydroxylation is 2. The SMILES string of the molecule is C=C(C=C1CCN(C(=O)OC(C)(C)C)CC1)N1CCN(C(c2ccc(C)cc2)c2ccc(CC)cc2)CC1CCOC. The van der Waals surface area contributed by atoms with Gasteiger partial charge in [0.2, 0.25) is 0 Å². The smallest absolute Gasteiger partial charge is 0.410 e. The molecule has 228 valence electrons. The molecule has 2 fully saturated rings. The van der Waals surface area contributed by atoms with Gasteiger partial charge in [0.15, 0.2) is 0 Å². The van der Waals surface area contributed by atoms with E-state index in [4.69, 9.17) is 9.47 Å². The van der Waals surface area contributed by atoms with Crippen LogP contribution in [0.3, 0.4) is 0 Å². The maximum Gasteiger partial charge on any atom is 0.410 e. The van der Waals surface area contributed by atoms with E-state index in [1.807, 2.05) is 25.7 Å². The van der Waals surface area contributed by atoms with Crippen molar-refractivity contribution in [2.45, 2.75) is 78.0 Å². The van der Waals surface area contributed by atoms with Crippen molar-refractivity contribution in [2.75, 3.05) is 46.4 Å². The van der Waals surface area contributed by atoms with E-state index in [-0.39, 0.29) is 12.1 Å². The first-order chi connectivity index (χ1) is 20.1. The first-order valence-electron chi connectivity index (χ1n) is 15.6. The molecule has 2 atom stereocenters. The largest absolute Gasteiger partial charge is 0.444 e. The van der Waals surface area contributed by atoms with Gasteiger partial charge in [0.1, 0.15) is 5.60 Å². The number of benzene rings is 2. The van der Waals surface area contributed by atoms with Gasteiger partial charge in [-0.15, -0.1) is 0 Å². The molecule has 0 radical (unpaired) electrons. The van der Waals surface area contributed by atoms with Gasteiger partial charge in [-0.1, -0.05) is 73.2 Å². The van der Waals surface area contributed by atoms with Gasteiger partial charge >= 0.3 is 6.09 Å². The minimum Gasteiger partial charge on any atom is -0.444 e. The van der Waals surface area contributed by atoms with Crippen LogP contribution < -0.4 is 0 Å². The molecule has 1 amide bonds. The van der Waals surface area contributed by atoms with Crippen molar-refractivity contribution in [3.05, 3.63) is 94.7 Å². The summed E-state index contributed by atoms with van der Waals surface area (Å²) < 4.78 is 11.1. The van der Waals surface area contributed by atoms with Crippen molar-refractivity contribution in [1.29, 1.82) is 0 Å². The first-order valence-corrected chi connectivity index (χ1v) is 15.6. The normalized spacial score (nSPS) is 19.0. The van der Waals surface area contributed by atoms with Gasteiger partial charge in [0, 0.05) is 58.2 Å². The van der Waals surface area contributed by atoms with Crippen LogP contribution in [0.25, 0.3) is 0 Å². The Morgan fingerprint density at radius 3 is 2.19 bits per heavy atom. The molecule has 4 rings (SSSR count). The number of hydrogen-bond donors (Lipinski definition) is 0. The number of piperidine rings is 1. The van der Waals surface area contributed by atoms with Crippen LogP contribution in [0.2, 0.25) is 0 Å². The second-order valence-corrected chi connectivity index (χ2v) is 12.8. The van der Waals surface area contributed by atoms with Crippen molar-refractivity contribution < 1.29 is 14.3 Å².